The maximum Gasteiger partial charge on any atom is 0.0227 e. The molecule has 0 saturated heterocycles. The van der Waals surface area contributed by atoms with Gasteiger partial charge in [-0.2, -0.15) is 0 Å². The Morgan fingerprint density at radius 2 is 1.92 bits per heavy atom. The van der Waals surface area contributed by atoms with Crippen LogP contribution in [-0.4, -0.2) is 17.5 Å². The second-order valence-electron chi connectivity index (χ2n) is 4.37. The molecule has 0 bridgehead atoms. The lowest BCUT2D eigenvalue weighted by Gasteiger charge is -2.32. The molecular formula is C11H21N. The van der Waals surface area contributed by atoms with Crippen molar-refractivity contribution in [1.82, 2.24) is 4.90 Å². The number of hydrogen-bond donors (Lipinski definition) is 0. The van der Waals surface area contributed by atoms with Gasteiger partial charge in [0.25, 0.3) is 0 Å². The van der Waals surface area contributed by atoms with E-state index in [2.05, 4.69) is 44.9 Å². The molecule has 0 aromatic carbocycles. The summed E-state index contributed by atoms with van der Waals surface area (Å²) in [6.07, 6.45) is 5.97. The molecular weight excluding hydrogens is 146 g/mol. The summed E-state index contributed by atoms with van der Waals surface area (Å²) in [4.78, 5) is 2.42. The van der Waals surface area contributed by atoms with Gasteiger partial charge in [-0.25, -0.2) is 0 Å². The zero-order valence-electron chi connectivity index (χ0n) is 8.75. The molecule has 0 aromatic rings. The van der Waals surface area contributed by atoms with E-state index in [-0.39, 0.29) is 0 Å². The number of hydrogen-bond acceptors (Lipinski definition) is 1. The predicted molar refractivity (Wildman–Crippen MR) is 53.9 cm³/mol. The fraction of sp³-hybridized carbons (Fsp3) is 0.818. The molecule has 1 heteroatoms. The van der Waals surface area contributed by atoms with E-state index < -0.39 is 0 Å². The van der Waals surface area contributed by atoms with Crippen LogP contribution in [0.4, 0.5) is 0 Å². The average molecular weight is 167 g/mol. The van der Waals surface area contributed by atoms with Crippen molar-refractivity contribution in [3.05, 3.63) is 12.3 Å². The first-order valence-electron chi connectivity index (χ1n) is 5.05. The van der Waals surface area contributed by atoms with Crippen LogP contribution in [0.3, 0.4) is 0 Å². The summed E-state index contributed by atoms with van der Waals surface area (Å²) < 4.78 is 0. The number of nitrogens with zero attached hydrogens (tertiary/aromatic N) is 1. The van der Waals surface area contributed by atoms with Crippen molar-refractivity contribution in [2.24, 2.45) is 11.8 Å². The van der Waals surface area contributed by atoms with E-state index in [1.54, 1.807) is 0 Å². The molecule has 0 aliphatic carbocycles. The van der Waals surface area contributed by atoms with E-state index in [4.69, 9.17) is 0 Å². The van der Waals surface area contributed by atoms with Gasteiger partial charge >= 0.3 is 0 Å². The number of rotatable bonds is 2. The maximum atomic E-state index is 2.42. The highest BCUT2D eigenvalue weighted by Gasteiger charge is 2.16. The summed E-state index contributed by atoms with van der Waals surface area (Å²) in [6, 6.07) is 0.661. The van der Waals surface area contributed by atoms with Crippen LogP contribution in [0.25, 0.3) is 0 Å². The van der Waals surface area contributed by atoms with Gasteiger partial charge in [-0.15, -0.1) is 0 Å². The zero-order valence-corrected chi connectivity index (χ0v) is 8.75. The Bertz CT molecular complexity index is 140. The molecule has 1 aliphatic heterocycles. The summed E-state index contributed by atoms with van der Waals surface area (Å²) in [7, 11) is 0. The smallest absolute Gasteiger partial charge is 0.0227 e. The lowest BCUT2D eigenvalue weighted by atomic mass is 9.90. The van der Waals surface area contributed by atoms with Crippen LogP contribution >= 0.6 is 0 Å². The van der Waals surface area contributed by atoms with Gasteiger partial charge in [-0.05, 0) is 38.3 Å². The first kappa shape index (κ1) is 9.63. The third-order valence-electron chi connectivity index (χ3n) is 2.76. The quantitative estimate of drug-likeness (QED) is 0.611. The second kappa shape index (κ2) is 3.97. The lowest BCUT2D eigenvalue weighted by molar-refractivity contribution is 0.253. The van der Waals surface area contributed by atoms with E-state index >= 15 is 0 Å². The van der Waals surface area contributed by atoms with Gasteiger partial charge in [0.2, 0.25) is 0 Å². The predicted octanol–water partition coefficient (Wildman–Crippen LogP) is 2.89. The third kappa shape index (κ3) is 2.26. The van der Waals surface area contributed by atoms with E-state index in [0.29, 0.717) is 6.04 Å². The Kier molecular flexibility index (Phi) is 3.19. The molecule has 1 heterocycles. The summed E-state index contributed by atoms with van der Waals surface area (Å²) in [5.74, 6) is 1.61. The molecule has 1 aliphatic rings. The highest BCUT2D eigenvalue weighted by molar-refractivity contribution is 4.96. The molecule has 0 amide bonds. The molecule has 1 rings (SSSR count). The molecule has 0 fully saturated rings. The van der Waals surface area contributed by atoms with Gasteiger partial charge in [0.1, 0.15) is 0 Å². The van der Waals surface area contributed by atoms with E-state index in [9.17, 15) is 0 Å². The van der Waals surface area contributed by atoms with Gasteiger partial charge < -0.3 is 4.90 Å². The van der Waals surface area contributed by atoms with Crippen LogP contribution < -0.4 is 0 Å². The Morgan fingerprint density at radius 3 is 2.25 bits per heavy atom. The van der Waals surface area contributed by atoms with Crippen LogP contribution in [0.15, 0.2) is 12.3 Å². The van der Waals surface area contributed by atoms with E-state index in [1.165, 1.54) is 13.0 Å². The Balaban J connectivity index is 2.47. The van der Waals surface area contributed by atoms with E-state index in [1.807, 2.05) is 0 Å². The molecule has 1 unspecified atom stereocenters. The standard InChI is InChI=1S/C11H21N/c1-9(2)11-5-7-12(8-6-11)10(3)4/h5,7,9-11H,6,8H2,1-4H3. The number of allylic oxidation sites excluding steroid dienone is 1. The summed E-state index contributed by atoms with van der Waals surface area (Å²) in [5.41, 5.74) is 0. The molecule has 0 N–H and O–H groups in total. The largest absolute Gasteiger partial charge is 0.375 e. The van der Waals surface area contributed by atoms with Crippen molar-refractivity contribution >= 4 is 0 Å². The first-order chi connectivity index (χ1) is 5.61. The summed E-state index contributed by atoms with van der Waals surface area (Å²) in [5, 5.41) is 0. The third-order valence-corrected chi connectivity index (χ3v) is 2.76. The Morgan fingerprint density at radius 1 is 1.25 bits per heavy atom. The molecule has 1 atom stereocenters. The van der Waals surface area contributed by atoms with Crippen molar-refractivity contribution in [3.8, 4) is 0 Å². The first-order valence-corrected chi connectivity index (χ1v) is 5.05. The van der Waals surface area contributed by atoms with Crippen molar-refractivity contribution in [2.45, 2.75) is 40.2 Å². The summed E-state index contributed by atoms with van der Waals surface area (Å²) in [6.45, 7) is 10.3. The van der Waals surface area contributed by atoms with Crippen molar-refractivity contribution in [2.75, 3.05) is 6.54 Å². The van der Waals surface area contributed by atoms with E-state index in [0.717, 1.165) is 11.8 Å². The normalized spacial score (nSPS) is 24.2. The Labute approximate surface area is 76.5 Å². The molecule has 1 nitrogen and oxygen atoms in total. The van der Waals surface area contributed by atoms with Gasteiger partial charge in [0.05, 0.1) is 0 Å². The summed E-state index contributed by atoms with van der Waals surface area (Å²) >= 11 is 0. The SMILES string of the molecule is CC(C)C1C=CN(C(C)C)CC1. The van der Waals surface area contributed by atoms with Gasteiger partial charge in [-0.3, -0.25) is 0 Å². The monoisotopic (exact) mass is 167 g/mol. The van der Waals surface area contributed by atoms with Crippen LogP contribution in [-0.2, 0) is 0 Å². The molecule has 0 radical (unpaired) electrons. The molecule has 0 spiro atoms. The minimum Gasteiger partial charge on any atom is -0.375 e. The molecule has 12 heavy (non-hydrogen) atoms. The fourth-order valence-corrected chi connectivity index (χ4v) is 1.68. The van der Waals surface area contributed by atoms with Crippen LogP contribution in [0.1, 0.15) is 34.1 Å². The Hall–Kier alpha value is -0.460. The van der Waals surface area contributed by atoms with Crippen LogP contribution in [0.5, 0.6) is 0 Å². The second-order valence-corrected chi connectivity index (χ2v) is 4.37. The fourth-order valence-electron chi connectivity index (χ4n) is 1.68. The molecule has 0 saturated carbocycles. The highest BCUT2D eigenvalue weighted by atomic mass is 15.1. The van der Waals surface area contributed by atoms with Crippen molar-refractivity contribution in [1.29, 1.82) is 0 Å². The highest BCUT2D eigenvalue weighted by Crippen LogP contribution is 2.22. The molecule has 70 valence electrons. The topological polar surface area (TPSA) is 3.24 Å². The van der Waals surface area contributed by atoms with Crippen molar-refractivity contribution < 1.29 is 0 Å². The van der Waals surface area contributed by atoms with Crippen LogP contribution in [0.2, 0.25) is 0 Å². The zero-order chi connectivity index (χ0) is 9.14. The minimum absolute atomic E-state index is 0.661. The van der Waals surface area contributed by atoms with Gasteiger partial charge in [-0.1, -0.05) is 19.9 Å². The van der Waals surface area contributed by atoms with Gasteiger partial charge in [0.15, 0.2) is 0 Å². The average Bonchev–Trinajstić information content (AvgIpc) is 2.04. The maximum absolute atomic E-state index is 2.42. The van der Waals surface area contributed by atoms with Crippen LogP contribution in [0, 0.1) is 11.8 Å². The van der Waals surface area contributed by atoms with Gasteiger partial charge in [0, 0.05) is 12.6 Å². The lowest BCUT2D eigenvalue weighted by Crippen LogP contribution is -2.31. The minimum atomic E-state index is 0.661. The molecule has 0 aromatic heterocycles. The van der Waals surface area contributed by atoms with Crippen molar-refractivity contribution in [3.63, 3.8) is 0 Å².